The standard InChI is InChI=1S/C11H15ClN2O2/c1-2-14(3-4-15)11(16)8-5-9(12)7-10(13)6-8/h5-7,15H,2-4,13H2,1H3. The summed E-state index contributed by atoms with van der Waals surface area (Å²) in [6.07, 6.45) is 0. The van der Waals surface area contributed by atoms with Crippen molar-refractivity contribution in [2.24, 2.45) is 0 Å². The van der Waals surface area contributed by atoms with Crippen molar-refractivity contribution in [2.45, 2.75) is 6.92 Å². The number of nitrogens with zero attached hydrogens (tertiary/aromatic N) is 1. The second-order valence-corrected chi connectivity index (χ2v) is 3.82. The molecular weight excluding hydrogens is 228 g/mol. The molecule has 0 unspecified atom stereocenters. The number of aliphatic hydroxyl groups is 1. The fourth-order valence-electron chi connectivity index (χ4n) is 1.44. The van der Waals surface area contributed by atoms with Crippen LogP contribution in [0, 0.1) is 0 Å². The maximum absolute atomic E-state index is 12.0. The predicted octanol–water partition coefficient (Wildman–Crippen LogP) is 1.38. The predicted molar refractivity (Wildman–Crippen MR) is 64.5 cm³/mol. The smallest absolute Gasteiger partial charge is 0.254 e. The number of halogens is 1. The van der Waals surface area contributed by atoms with E-state index < -0.39 is 0 Å². The summed E-state index contributed by atoms with van der Waals surface area (Å²) >= 11 is 5.82. The van der Waals surface area contributed by atoms with Crippen molar-refractivity contribution < 1.29 is 9.90 Å². The molecule has 0 atom stereocenters. The maximum Gasteiger partial charge on any atom is 0.254 e. The van der Waals surface area contributed by atoms with Gasteiger partial charge >= 0.3 is 0 Å². The van der Waals surface area contributed by atoms with Gasteiger partial charge in [-0.2, -0.15) is 0 Å². The Kier molecular flexibility index (Phi) is 4.58. The normalized spacial score (nSPS) is 10.2. The van der Waals surface area contributed by atoms with Crippen molar-refractivity contribution in [2.75, 3.05) is 25.4 Å². The molecule has 1 aromatic carbocycles. The van der Waals surface area contributed by atoms with Gasteiger partial charge in [-0.1, -0.05) is 11.6 Å². The molecule has 88 valence electrons. The van der Waals surface area contributed by atoms with Crippen LogP contribution in [0.15, 0.2) is 18.2 Å². The van der Waals surface area contributed by atoms with Crippen LogP contribution in [0.4, 0.5) is 5.69 Å². The van der Waals surface area contributed by atoms with Crippen LogP contribution < -0.4 is 5.73 Å². The zero-order chi connectivity index (χ0) is 12.1. The third-order valence-electron chi connectivity index (χ3n) is 2.21. The van der Waals surface area contributed by atoms with E-state index >= 15 is 0 Å². The number of benzene rings is 1. The van der Waals surface area contributed by atoms with E-state index in [4.69, 9.17) is 22.4 Å². The van der Waals surface area contributed by atoms with Crippen LogP contribution in [-0.2, 0) is 0 Å². The topological polar surface area (TPSA) is 66.6 Å². The lowest BCUT2D eigenvalue weighted by Crippen LogP contribution is -2.33. The van der Waals surface area contributed by atoms with Gasteiger partial charge in [-0.3, -0.25) is 4.79 Å². The molecule has 5 heteroatoms. The number of likely N-dealkylation sites (N-methyl/N-ethyl adjacent to an activating group) is 1. The third kappa shape index (κ3) is 3.12. The van der Waals surface area contributed by atoms with Crippen LogP contribution in [0.2, 0.25) is 5.02 Å². The molecule has 0 fully saturated rings. The van der Waals surface area contributed by atoms with E-state index in [1.807, 2.05) is 6.92 Å². The van der Waals surface area contributed by atoms with Crippen LogP contribution in [0.1, 0.15) is 17.3 Å². The number of amides is 1. The van der Waals surface area contributed by atoms with Crippen LogP contribution in [-0.4, -0.2) is 35.6 Å². The van der Waals surface area contributed by atoms with Crippen molar-refractivity contribution in [3.8, 4) is 0 Å². The minimum absolute atomic E-state index is 0.0599. The number of hydrogen-bond acceptors (Lipinski definition) is 3. The number of carbonyl (C=O) groups is 1. The van der Waals surface area contributed by atoms with Gasteiger partial charge in [0.05, 0.1) is 6.61 Å². The van der Waals surface area contributed by atoms with E-state index in [1.165, 1.54) is 4.90 Å². The van der Waals surface area contributed by atoms with E-state index in [0.717, 1.165) is 0 Å². The monoisotopic (exact) mass is 242 g/mol. The lowest BCUT2D eigenvalue weighted by Gasteiger charge is -2.19. The molecule has 0 aliphatic rings. The molecule has 1 aromatic rings. The van der Waals surface area contributed by atoms with Gasteiger partial charge in [0.25, 0.3) is 5.91 Å². The maximum atomic E-state index is 12.0. The highest BCUT2D eigenvalue weighted by Crippen LogP contribution is 2.17. The second kappa shape index (κ2) is 5.72. The van der Waals surface area contributed by atoms with Crippen LogP contribution in [0.25, 0.3) is 0 Å². The van der Waals surface area contributed by atoms with Gasteiger partial charge in [0.2, 0.25) is 0 Å². The molecular formula is C11H15ClN2O2. The highest BCUT2D eigenvalue weighted by atomic mass is 35.5. The van der Waals surface area contributed by atoms with Gasteiger partial charge in [-0.25, -0.2) is 0 Å². The molecule has 4 nitrogen and oxygen atoms in total. The summed E-state index contributed by atoms with van der Waals surface area (Å²) in [5.74, 6) is -0.175. The molecule has 3 N–H and O–H groups in total. The van der Waals surface area contributed by atoms with Crippen molar-refractivity contribution in [1.29, 1.82) is 0 Å². The first kappa shape index (κ1) is 12.8. The molecule has 0 spiro atoms. The Balaban J connectivity index is 2.94. The Morgan fingerprint density at radius 3 is 2.69 bits per heavy atom. The van der Waals surface area contributed by atoms with E-state index in [9.17, 15) is 4.79 Å². The summed E-state index contributed by atoms with van der Waals surface area (Å²) < 4.78 is 0. The third-order valence-corrected chi connectivity index (χ3v) is 2.42. The van der Waals surface area contributed by atoms with E-state index in [0.29, 0.717) is 29.4 Å². The minimum atomic E-state index is -0.175. The molecule has 0 aliphatic carbocycles. The number of aliphatic hydroxyl groups excluding tert-OH is 1. The SMILES string of the molecule is CCN(CCO)C(=O)c1cc(N)cc(Cl)c1. The van der Waals surface area contributed by atoms with Gasteiger partial charge in [-0.15, -0.1) is 0 Å². The molecule has 16 heavy (non-hydrogen) atoms. The number of anilines is 1. The minimum Gasteiger partial charge on any atom is -0.399 e. The zero-order valence-electron chi connectivity index (χ0n) is 9.11. The molecule has 0 aromatic heterocycles. The van der Waals surface area contributed by atoms with E-state index in [2.05, 4.69) is 0 Å². The Morgan fingerprint density at radius 1 is 1.50 bits per heavy atom. The molecule has 0 aliphatic heterocycles. The first-order valence-corrected chi connectivity index (χ1v) is 5.42. The highest BCUT2D eigenvalue weighted by Gasteiger charge is 2.14. The molecule has 0 saturated carbocycles. The fraction of sp³-hybridized carbons (Fsp3) is 0.364. The number of nitrogen functional groups attached to an aromatic ring is 1. The Bertz CT molecular complexity index is 362. The summed E-state index contributed by atoms with van der Waals surface area (Å²) in [7, 11) is 0. The second-order valence-electron chi connectivity index (χ2n) is 3.38. The van der Waals surface area contributed by atoms with Crippen molar-refractivity contribution in [3.63, 3.8) is 0 Å². The first-order valence-electron chi connectivity index (χ1n) is 5.04. The molecule has 0 heterocycles. The number of rotatable bonds is 4. The van der Waals surface area contributed by atoms with Crippen molar-refractivity contribution in [3.05, 3.63) is 28.8 Å². The average Bonchev–Trinajstić information content (AvgIpc) is 2.23. The van der Waals surface area contributed by atoms with Crippen molar-refractivity contribution in [1.82, 2.24) is 4.90 Å². The van der Waals surface area contributed by atoms with E-state index in [1.54, 1.807) is 18.2 Å². The fourth-order valence-corrected chi connectivity index (χ4v) is 1.69. The molecule has 0 radical (unpaired) electrons. The van der Waals surface area contributed by atoms with Gasteiger partial charge < -0.3 is 15.7 Å². The molecule has 1 amide bonds. The average molecular weight is 243 g/mol. The molecule has 0 saturated heterocycles. The highest BCUT2D eigenvalue weighted by molar-refractivity contribution is 6.31. The van der Waals surface area contributed by atoms with Crippen molar-refractivity contribution >= 4 is 23.2 Å². The largest absolute Gasteiger partial charge is 0.399 e. The molecule has 1 rings (SSSR count). The lowest BCUT2D eigenvalue weighted by atomic mass is 10.1. The van der Waals surface area contributed by atoms with Gasteiger partial charge in [-0.05, 0) is 25.1 Å². The summed E-state index contributed by atoms with van der Waals surface area (Å²) in [5, 5.41) is 9.26. The first-order chi connectivity index (χ1) is 7.58. The Morgan fingerprint density at radius 2 is 2.19 bits per heavy atom. The Labute approximate surface area is 99.6 Å². The summed E-state index contributed by atoms with van der Waals surface area (Å²) in [4.78, 5) is 13.5. The lowest BCUT2D eigenvalue weighted by molar-refractivity contribution is 0.0732. The zero-order valence-corrected chi connectivity index (χ0v) is 9.87. The Hall–Kier alpha value is -1.26. The van der Waals surface area contributed by atoms with Gasteiger partial charge in [0.15, 0.2) is 0 Å². The van der Waals surface area contributed by atoms with E-state index in [-0.39, 0.29) is 12.5 Å². The number of nitrogens with two attached hydrogens (primary N) is 1. The number of hydrogen-bond donors (Lipinski definition) is 2. The summed E-state index contributed by atoms with van der Waals surface area (Å²) in [6, 6.07) is 4.73. The van der Waals surface area contributed by atoms with Crippen LogP contribution >= 0.6 is 11.6 Å². The van der Waals surface area contributed by atoms with Gasteiger partial charge in [0, 0.05) is 29.4 Å². The number of carbonyl (C=O) groups excluding carboxylic acids is 1. The molecule has 0 bridgehead atoms. The van der Waals surface area contributed by atoms with Crippen LogP contribution in [0.5, 0.6) is 0 Å². The summed E-state index contributed by atoms with van der Waals surface area (Å²) in [5.41, 5.74) is 6.51. The van der Waals surface area contributed by atoms with Crippen LogP contribution in [0.3, 0.4) is 0 Å². The van der Waals surface area contributed by atoms with Gasteiger partial charge in [0.1, 0.15) is 0 Å². The quantitative estimate of drug-likeness (QED) is 0.784. The summed E-state index contributed by atoms with van der Waals surface area (Å²) in [6.45, 7) is 2.63.